The molecule has 2 fully saturated rings. The van der Waals surface area contributed by atoms with Crippen LogP contribution in [0, 0.1) is 0 Å². The fourth-order valence-corrected chi connectivity index (χ4v) is 4.64. The first-order chi connectivity index (χ1) is 11.2. The molecule has 0 aliphatic carbocycles. The second-order valence-electron chi connectivity index (χ2n) is 5.74. The van der Waals surface area contributed by atoms with Crippen LogP contribution < -0.4 is 20.1 Å². The Morgan fingerprint density at radius 1 is 1.43 bits per heavy atom. The summed E-state index contributed by atoms with van der Waals surface area (Å²) in [5.41, 5.74) is 0. The predicted octanol–water partition coefficient (Wildman–Crippen LogP) is 2.63. The number of hydrogen-bond donors (Lipinski definition) is 2. The van der Waals surface area contributed by atoms with Gasteiger partial charge in [-0.15, -0.1) is 0 Å². The number of methoxy groups -OCH3 is 1. The number of fused-ring (bicyclic) bond motifs is 2. The second-order valence-corrected chi connectivity index (χ2v) is 7.61. The molecular weight excluding hydrogens is 334 g/mol. The monoisotopic (exact) mass is 351 g/mol. The van der Waals surface area contributed by atoms with Crippen molar-refractivity contribution in [1.82, 2.24) is 15.6 Å². The van der Waals surface area contributed by atoms with Gasteiger partial charge in [-0.1, -0.05) is 22.7 Å². The number of thiophene rings is 1. The van der Waals surface area contributed by atoms with Crippen LogP contribution >= 0.6 is 22.7 Å². The second kappa shape index (κ2) is 6.10. The summed E-state index contributed by atoms with van der Waals surface area (Å²) in [6.07, 6.45) is 3.41. The largest absolute Gasteiger partial charge is 0.480 e. The maximum Gasteiger partial charge on any atom is 0.282 e. The number of amides is 1. The molecule has 122 valence electrons. The van der Waals surface area contributed by atoms with Crippen molar-refractivity contribution in [3.63, 3.8) is 0 Å². The lowest BCUT2D eigenvalue weighted by Gasteiger charge is -2.20. The quantitative estimate of drug-likeness (QED) is 0.866. The Morgan fingerprint density at radius 3 is 3.04 bits per heavy atom. The number of rotatable bonds is 5. The lowest BCUT2D eigenvalue weighted by atomic mass is 9.95. The van der Waals surface area contributed by atoms with E-state index in [4.69, 9.17) is 9.47 Å². The van der Waals surface area contributed by atoms with Gasteiger partial charge in [-0.3, -0.25) is 4.79 Å². The third-order valence-corrected chi connectivity index (χ3v) is 5.94. The summed E-state index contributed by atoms with van der Waals surface area (Å²) in [5, 5.41) is 9.60. The molecule has 2 N–H and O–H groups in total. The van der Waals surface area contributed by atoms with Gasteiger partial charge < -0.3 is 20.1 Å². The molecule has 1 amide bonds. The van der Waals surface area contributed by atoms with Crippen molar-refractivity contribution in [2.24, 2.45) is 0 Å². The van der Waals surface area contributed by atoms with Crippen LogP contribution in [-0.4, -0.2) is 36.1 Å². The topological polar surface area (TPSA) is 72.5 Å². The van der Waals surface area contributed by atoms with Crippen LogP contribution in [-0.2, 0) is 0 Å². The van der Waals surface area contributed by atoms with Gasteiger partial charge in [-0.05, 0) is 31.4 Å². The first kappa shape index (κ1) is 14.9. The summed E-state index contributed by atoms with van der Waals surface area (Å²) < 4.78 is 10.7. The van der Waals surface area contributed by atoms with Crippen molar-refractivity contribution in [1.29, 1.82) is 0 Å². The zero-order chi connectivity index (χ0) is 15.8. The minimum Gasteiger partial charge on any atom is -0.480 e. The van der Waals surface area contributed by atoms with E-state index in [1.165, 1.54) is 29.1 Å². The highest BCUT2D eigenvalue weighted by atomic mass is 32.1. The number of aromatic nitrogens is 1. The fraction of sp³-hybridized carbons (Fsp3) is 0.467. The Bertz CT molecular complexity index is 714. The third kappa shape index (κ3) is 3.06. The maximum atomic E-state index is 12.4. The maximum absolute atomic E-state index is 12.4. The molecule has 0 radical (unpaired) electrons. The van der Waals surface area contributed by atoms with Crippen LogP contribution in [0.2, 0.25) is 0 Å². The summed E-state index contributed by atoms with van der Waals surface area (Å²) >= 11 is 2.69. The molecule has 0 aromatic carbocycles. The van der Waals surface area contributed by atoms with Gasteiger partial charge in [0.15, 0.2) is 5.06 Å². The smallest absolute Gasteiger partial charge is 0.282 e. The van der Waals surface area contributed by atoms with Gasteiger partial charge >= 0.3 is 0 Å². The molecule has 8 heteroatoms. The zero-order valence-corrected chi connectivity index (χ0v) is 14.2. The highest BCUT2D eigenvalue weighted by Gasteiger charge is 2.39. The highest BCUT2D eigenvalue weighted by molar-refractivity contribution is 7.16. The molecule has 2 bridgehead atoms. The van der Waals surface area contributed by atoms with Crippen molar-refractivity contribution >= 4 is 28.6 Å². The Morgan fingerprint density at radius 2 is 2.35 bits per heavy atom. The first-order valence-electron chi connectivity index (χ1n) is 7.55. The molecule has 23 heavy (non-hydrogen) atoms. The number of nitrogens with zero attached hydrogens (tertiary/aromatic N) is 1. The van der Waals surface area contributed by atoms with Gasteiger partial charge in [-0.2, -0.15) is 4.98 Å². The molecule has 0 saturated carbocycles. The van der Waals surface area contributed by atoms with Gasteiger partial charge in [0.05, 0.1) is 17.4 Å². The third-order valence-electron chi connectivity index (χ3n) is 4.28. The van der Waals surface area contributed by atoms with E-state index >= 15 is 0 Å². The Labute approximate surface area is 141 Å². The number of carbonyl (C=O) groups excluding carboxylic acids is 1. The van der Waals surface area contributed by atoms with E-state index in [-0.39, 0.29) is 11.9 Å². The Balaban J connectivity index is 1.38. The minimum atomic E-state index is -0.0269. The molecule has 0 spiro atoms. The Hall–Kier alpha value is -1.64. The minimum absolute atomic E-state index is 0.0269. The number of carbonyl (C=O) groups is 1. The molecule has 3 atom stereocenters. The van der Waals surface area contributed by atoms with Crippen molar-refractivity contribution < 1.29 is 14.3 Å². The van der Waals surface area contributed by atoms with Crippen LogP contribution in [0.3, 0.4) is 0 Å². The van der Waals surface area contributed by atoms with E-state index in [0.717, 1.165) is 12.8 Å². The predicted molar refractivity (Wildman–Crippen MR) is 88.9 cm³/mol. The molecule has 2 aliphatic rings. The molecular formula is C15H17N3O3S2. The molecule has 6 nitrogen and oxygen atoms in total. The molecule has 2 aromatic heterocycles. The van der Waals surface area contributed by atoms with Gasteiger partial charge in [0.1, 0.15) is 0 Å². The number of thiazole rings is 1. The van der Waals surface area contributed by atoms with Crippen LogP contribution in [0.5, 0.6) is 16.1 Å². The van der Waals surface area contributed by atoms with E-state index < -0.39 is 0 Å². The average Bonchev–Trinajstić information content (AvgIpc) is 3.32. The summed E-state index contributed by atoms with van der Waals surface area (Å²) in [5.74, 6) is 0.504. The van der Waals surface area contributed by atoms with E-state index in [0.29, 0.717) is 33.1 Å². The SMILES string of the molecule is COc1csc(Oc2ccc(C(=O)N[C@@H]3C[C@H]4CC[C@@H]3N4)s2)n1. The summed E-state index contributed by atoms with van der Waals surface area (Å²) in [6, 6.07) is 4.85. The molecule has 2 saturated heterocycles. The van der Waals surface area contributed by atoms with Gasteiger partial charge in [0.2, 0.25) is 5.88 Å². The Kier molecular flexibility index (Phi) is 3.96. The van der Waals surface area contributed by atoms with E-state index in [1.807, 2.05) is 0 Å². The van der Waals surface area contributed by atoms with Crippen molar-refractivity contribution in [3.8, 4) is 16.1 Å². The molecule has 4 heterocycles. The van der Waals surface area contributed by atoms with Crippen molar-refractivity contribution in [2.75, 3.05) is 7.11 Å². The lowest BCUT2D eigenvalue weighted by molar-refractivity contribution is 0.0935. The van der Waals surface area contributed by atoms with Crippen molar-refractivity contribution in [2.45, 2.75) is 37.4 Å². The van der Waals surface area contributed by atoms with Crippen LogP contribution in [0.15, 0.2) is 17.5 Å². The number of ether oxygens (including phenoxy) is 2. The lowest BCUT2D eigenvalue weighted by Crippen LogP contribution is -2.42. The summed E-state index contributed by atoms with van der Waals surface area (Å²) in [6.45, 7) is 0. The van der Waals surface area contributed by atoms with Crippen molar-refractivity contribution in [3.05, 3.63) is 22.4 Å². The first-order valence-corrected chi connectivity index (χ1v) is 9.25. The van der Waals surface area contributed by atoms with Crippen LogP contribution in [0.4, 0.5) is 0 Å². The number of nitrogens with one attached hydrogen (secondary N) is 2. The van der Waals surface area contributed by atoms with E-state index in [1.54, 1.807) is 24.6 Å². The van der Waals surface area contributed by atoms with E-state index in [9.17, 15) is 4.79 Å². The normalized spacial score (nSPS) is 25.5. The fourth-order valence-electron chi connectivity index (χ4n) is 3.19. The molecule has 4 rings (SSSR count). The molecule has 0 unspecified atom stereocenters. The summed E-state index contributed by atoms with van der Waals surface area (Å²) in [4.78, 5) is 17.2. The van der Waals surface area contributed by atoms with E-state index in [2.05, 4.69) is 15.6 Å². The highest BCUT2D eigenvalue weighted by Crippen LogP contribution is 2.33. The van der Waals surface area contributed by atoms with Gasteiger partial charge in [0.25, 0.3) is 11.1 Å². The average molecular weight is 351 g/mol. The van der Waals surface area contributed by atoms with Crippen LogP contribution in [0.1, 0.15) is 28.9 Å². The van der Waals surface area contributed by atoms with Gasteiger partial charge in [0, 0.05) is 18.1 Å². The summed E-state index contributed by atoms with van der Waals surface area (Å²) in [7, 11) is 1.57. The molecule has 2 aliphatic heterocycles. The molecule has 2 aromatic rings. The zero-order valence-electron chi connectivity index (χ0n) is 12.6. The standard InChI is InChI=1S/C15H17N3O3S2/c1-20-12-7-22-15(18-12)21-13-5-4-11(23-13)14(19)17-10-6-8-2-3-9(10)16-8/h4-5,7-10,16H,2-3,6H2,1H3,(H,17,19)/t8-,9+,10-/m1/s1. The number of hydrogen-bond acceptors (Lipinski definition) is 7. The van der Waals surface area contributed by atoms with Gasteiger partial charge in [-0.25, -0.2) is 0 Å². The van der Waals surface area contributed by atoms with Crippen LogP contribution in [0.25, 0.3) is 0 Å².